The van der Waals surface area contributed by atoms with Crippen LogP contribution in [0.2, 0.25) is 0 Å². The molecule has 1 amide bonds. The van der Waals surface area contributed by atoms with Crippen molar-refractivity contribution in [1.82, 2.24) is 14.7 Å². The van der Waals surface area contributed by atoms with E-state index in [1.54, 1.807) is 35.0 Å². The van der Waals surface area contributed by atoms with Crippen LogP contribution in [0.5, 0.6) is 0 Å². The predicted octanol–water partition coefficient (Wildman–Crippen LogP) is 1.58. The van der Waals surface area contributed by atoms with Crippen LogP contribution in [0.4, 0.5) is 5.69 Å². The summed E-state index contributed by atoms with van der Waals surface area (Å²) in [6.45, 7) is 2.44. The highest BCUT2D eigenvalue weighted by atomic mass is 16.2. The standard InChI is InChI=1S/C14H18N4O/c1-10-4-5-12(15)6-13(10)14(19)17(2)8-11-7-16-18(3)9-11/h4-7,9H,8,15H2,1-3H3. The molecule has 0 unspecified atom stereocenters. The molecule has 1 heterocycles. The second kappa shape index (κ2) is 5.14. The van der Waals surface area contributed by atoms with Gasteiger partial charge in [0, 0.05) is 43.7 Å². The zero-order chi connectivity index (χ0) is 14.0. The van der Waals surface area contributed by atoms with Gasteiger partial charge >= 0.3 is 0 Å². The molecule has 5 nitrogen and oxygen atoms in total. The van der Waals surface area contributed by atoms with E-state index in [1.807, 2.05) is 26.2 Å². The Bertz CT molecular complexity index is 603. The lowest BCUT2D eigenvalue weighted by atomic mass is 10.1. The average molecular weight is 258 g/mol. The van der Waals surface area contributed by atoms with Crippen LogP contribution in [-0.2, 0) is 13.6 Å². The first-order valence-electron chi connectivity index (χ1n) is 6.06. The Kier molecular flexibility index (Phi) is 3.55. The van der Waals surface area contributed by atoms with Gasteiger partial charge < -0.3 is 10.6 Å². The largest absolute Gasteiger partial charge is 0.399 e. The van der Waals surface area contributed by atoms with E-state index in [-0.39, 0.29) is 5.91 Å². The van der Waals surface area contributed by atoms with Crippen molar-refractivity contribution in [2.75, 3.05) is 12.8 Å². The fraction of sp³-hybridized carbons (Fsp3) is 0.286. The van der Waals surface area contributed by atoms with E-state index in [2.05, 4.69) is 5.10 Å². The molecule has 0 aliphatic rings. The summed E-state index contributed by atoms with van der Waals surface area (Å²) in [6.07, 6.45) is 3.66. The third kappa shape index (κ3) is 2.93. The molecule has 1 aromatic carbocycles. The van der Waals surface area contributed by atoms with Crippen molar-refractivity contribution in [2.45, 2.75) is 13.5 Å². The fourth-order valence-corrected chi connectivity index (χ4v) is 1.97. The van der Waals surface area contributed by atoms with Crippen LogP contribution in [0, 0.1) is 6.92 Å². The minimum absolute atomic E-state index is 0.0337. The number of aromatic nitrogens is 2. The van der Waals surface area contributed by atoms with E-state index in [4.69, 9.17) is 5.73 Å². The maximum absolute atomic E-state index is 12.4. The van der Waals surface area contributed by atoms with Gasteiger partial charge in [-0.15, -0.1) is 0 Å². The highest BCUT2D eigenvalue weighted by Gasteiger charge is 2.15. The smallest absolute Gasteiger partial charge is 0.254 e. The Balaban J connectivity index is 2.16. The Morgan fingerprint density at radius 2 is 2.21 bits per heavy atom. The summed E-state index contributed by atoms with van der Waals surface area (Å²) in [5, 5.41) is 4.09. The van der Waals surface area contributed by atoms with Gasteiger partial charge in [-0.05, 0) is 24.6 Å². The number of carbonyl (C=O) groups is 1. The molecule has 0 bridgehead atoms. The van der Waals surface area contributed by atoms with Gasteiger partial charge in [-0.3, -0.25) is 9.48 Å². The van der Waals surface area contributed by atoms with Gasteiger partial charge in [0.05, 0.1) is 6.20 Å². The molecule has 2 aromatic rings. The third-order valence-corrected chi connectivity index (χ3v) is 3.02. The summed E-state index contributed by atoms with van der Waals surface area (Å²) in [5.41, 5.74) is 8.91. The number of nitrogen functional groups attached to an aromatic ring is 1. The number of aryl methyl sites for hydroxylation is 2. The number of benzene rings is 1. The van der Waals surface area contributed by atoms with Crippen LogP contribution < -0.4 is 5.73 Å². The van der Waals surface area contributed by atoms with E-state index in [0.717, 1.165) is 11.1 Å². The number of carbonyl (C=O) groups excluding carboxylic acids is 1. The summed E-state index contributed by atoms with van der Waals surface area (Å²) in [5.74, 6) is -0.0337. The molecule has 0 saturated carbocycles. The molecule has 0 spiro atoms. The Morgan fingerprint density at radius 1 is 1.47 bits per heavy atom. The molecule has 2 N–H and O–H groups in total. The average Bonchev–Trinajstić information content (AvgIpc) is 2.77. The van der Waals surface area contributed by atoms with Crippen LogP contribution >= 0.6 is 0 Å². The van der Waals surface area contributed by atoms with Crippen LogP contribution in [0.25, 0.3) is 0 Å². The van der Waals surface area contributed by atoms with Crippen LogP contribution in [0.3, 0.4) is 0 Å². The first-order chi connectivity index (χ1) is 8.97. The van der Waals surface area contributed by atoms with Crippen molar-refractivity contribution in [1.29, 1.82) is 0 Å². The maximum Gasteiger partial charge on any atom is 0.254 e. The summed E-state index contributed by atoms with van der Waals surface area (Å²) < 4.78 is 1.72. The van der Waals surface area contributed by atoms with Crippen molar-refractivity contribution in [3.8, 4) is 0 Å². The van der Waals surface area contributed by atoms with Gasteiger partial charge in [0.1, 0.15) is 0 Å². The number of hydrogen-bond acceptors (Lipinski definition) is 3. The van der Waals surface area contributed by atoms with E-state index in [1.165, 1.54) is 0 Å². The molecular formula is C14H18N4O. The summed E-state index contributed by atoms with van der Waals surface area (Å²) >= 11 is 0. The summed E-state index contributed by atoms with van der Waals surface area (Å²) in [6, 6.07) is 5.38. The molecule has 0 fully saturated rings. The van der Waals surface area contributed by atoms with E-state index in [9.17, 15) is 4.79 Å². The molecule has 0 aliphatic carbocycles. The van der Waals surface area contributed by atoms with E-state index < -0.39 is 0 Å². The first kappa shape index (κ1) is 13.1. The number of hydrogen-bond donors (Lipinski definition) is 1. The maximum atomic E-state index is 12.4. The molecule has 0 aliphatic heterocycles. The quantitative estimate of drug-likeness (QED) is 0.850. The molecule has 0 atom stereocenters. The lowest BCUT2D eigenvalue weighted by molar-refractivity contribution is 0.0784. The monoisotopic (exact) mass is 258 g/mol. The molecule has 5 heteroatoms. The van der Waals surface area contributed by atoms with E-state index >= 15 is 0 Å². The Labute approximate surface area is 112 Å². The minimum Gasteiger partial charge on any atom is -0.399 e. The second-order valence-electron chi connectivity index (χ2n) is 4.76. The normalized spacial score (nSPS) is 10.5. The van der Waals surface area contributed by atoms with Gasteiger partial charge in [0.2, 0.25) is 0 Å². The van der Waals surface area contributed by atoms with Gasteiger partial charge in [-0.25, -0.2) is 0 Å². The summed E-state index contributed by atoms with van der Waals surface area (Å²) in [4.78, 5) is 14.0. The molecule has 2 rings (SSSR count). The second-order valence-corrected chi connectivity index (χ2v) is 4.76. The van der Waals surface area contributed by atoms with Crippen molar-refractivity contribution in [3.63, 3.8) is 0 Å². The van der Waals surface area contributed by atoms with Crippen molar-refractivity contribution < 1.29 is 4.79 Å². The molecule has 100 valence electrons. The number of amides is 1. The molecule has 1 aromatic heterocycles. The lowest BCUT2D eigenvalue weighted by Gasteiger charge is -2.17. The van der Waals surface area contributed by atoms with Gasteiger partial charge in [0.15, 0.2) is 0 Å². The van der Waals surface area contributed by atoms with E-state index in [0.29, 0.717) is 17.8 Å². The zero-order valence-electron chi connectivity index (χ0n) is 11.4. The number of nitrogens with zero attached hydrogens (tertiary/aromatic N) is 3. The van der Waals surface area contributed by atoms with Crippen LogP contribution in [0.15, 0.2) is 30.6 Å². The fourth-order valence-electron chi connectivity index (χ4n) is 1.97. The van der Waals surface area contributed by atoms with Crippen molar-refractivity contribution >= 4 is 11.6 Å². The molecule has 0 saturated heterocycles. The molecular weight excluding hydrogens is 240 g/mol. The number of rotatable bonds is 3. The molecule has 19 heavy (non-hydrogen) atoms. The zero-order valence-corrected chi connectivity index (χ0v) is 11.4. The van der Waals surface area contributed by atoms with Crippen molar-refractivity contribution in [2.24, 2.45) is 7.05 Å². The first-order valence-corrected chi connectivity index (χ1v) is 6.06. The number of anilines is 1. The van der Waals surface area contributed by atoms with Gasteiger partial charge in [-0.1, -0.05) is 6.07 Å². The third-order valence-electron chi connectivity index (χ3n) is 3.02. The van der Waals surface area contributed by atoms with Crippen LogP contribution in [0.1, 0.15) is 21.5 Å². The van der Waals surface area contributed by atoms with Crippen molar-refractivity contribution in [3.05, 3.63) is 47.3 Å². The minimum atomic E-state index is -0.0337. The molecule has 0 radical (unpaired) electrons. The Morgan fingerprint density at radius 3 is 2.84 bits per heavy atom. The highest BCUT2D eigenvalue weighted by Crippen LogP contribution is 2.15. The number of nitrogens with two attached hydrogens (primary N) is 1. The topological polar surface area (TPSA) is 64.2 Å². The highest BCUT2D eigenvalue weighted by molar-refractivity contribution is 5.96. The Hall–Kier alpha value is -2.30. The predicted molar refractivity (Wildman–Crippen MR) is 74.6 cm³/mol. The van der Waals surface area contributed by atoms with Gasteiger partial charge in [0.25, 0.3) is 5.91 Å². The van der Waals surface area contributed by atoms with Gasteiger partial charge in [-0.2, -0.15) is 5.10 Å². The SMILES string of the molecule is Cc1ccc(N)cc1C(=O)N(C)Cc1cnn(C)c1. The summed E-state index contributed by atoms with van der Waals surface area (Å²) in [7, 11) is 3.63. The lowest BCUT2D eigenvalue weighted by Crippen LogP contribution is -2.26. The van der Waals surface area contributed by atoms with Crippen LogP contribution in [-0.4, -0.2) is 27.6 Å².